The number of phenols is 1. The smallest absolute Gasteiger partial charge is 0.127 e. The maximum Gasteiger partial charge on any atom is 0.127 e. The summed E-state index contributed by atoms with van der Waals surface area (Å²) < 4.78 is 5.25. The van der Waals surface area contributed by atoms with Gasteiger partial charge in [0.25, 0.3) is 0 Å². The summed E-state index contributed by atoms with van der Waals surface area (Å²) in [4.78, 5) is 0. The molecular formula is C12H12O2. The number of methoxy groups -OCH3 is 1. The first-order chi connectivity index (χ1) is 6.74. The van der Waals surface area contributed by atoms with Crippen LogP contribution in [0.2, 0.25) is 0 Å². The Hall–Kier alpha value is -1.70. The standard InChI is InChI=1S/C12H12O2/c1-8-7-11(14-2)9-5-3-4-6-10(9)12(8)13/h3-7,13H,1-2H3. The van der Waals surface area contributed by atoms with Gasteiger partial charge in [-0.2, -0.15) is 0 Å². The van der Waals surface area contributed by atoms with Crippen LogP contribution >= 0.6 is 0 Å². The molecule has 0 heterocycles. The van der Waals surface area contributed by atoms with Crippen molar-refractivity contribution in [3.63, 3.8) is 0 Å². The van der Waals surface area contributed by atoms with Gasteiger partial charge in [0.1, 0.15) is 11.5 Å². The van der Waals surface area contributed by atoms with E-state index in [0.717, 1.165) is 22.1 Å². The molecule has 2 aromatic carbocycles. The zero-order valence-electron chi connectivity index (χ0n) is 8.24. The fourth-order valence-corrected chi connectivity index (χ4v) is 1.63. The van der Waals surface area contributed by atoms with E-state index in [-0.39, 0.29) is 0 Å². The maximum atomic E-state index is 9.82. The van der Waals surface area contributed by atoms with Crippen LogP contribution in [-0.4, -0.2) is 12.2 Å². The van der Waals surface area contributed by atoms with Gasteiger partial charge in [0.15, 0.2) is 0 Å². The van der Waals surface area contributed by atoms with Gasteiger partial charge in [-0.3, -0.25) is 0 Å². The van der Waals surface area contributed by atoms with E-state index in [0.29, 0.717) is 5.75 Å². The minimum Gasteiger partial charge on any atom is -0.507 e. The zero-order chi connectivity index (χ0) is 10.1. The third-order valence-electron chi connectivity index (χ3n) is 2.39. The van der Waals surface area contributed by atoms with Crippen LogP contribution in [-0.2, 0) is 0 Å². The molecule has 0 aliphatic rings. The van der Waals surface area contributed by atoms with Crippen molar-refractivity contribution in [2.75, 3.05) is 7.11 Å². The van der Waals surface area contributed by atoms with E-state index in [9.17, 15) is 5.11 Å². The Morgan fingerprint density at radius 2 is 1.79 bits per heavy atom. The predicted octanol–water partition coefficient (Wildman–Crippen LogP) is 2.86. The summed E-state index contributed by atoms with van der Waals surface area (Å²) in [5.41, 5.74) is 0.834. The average Bonchev–Trinajstić information content (AvgIpc) is 2.23. The average molecular weight is 188 g/mol. The Kier molecular flexibility index (Phi) is 2.04. The number of aryl methyl sites for hydroxylation is 1. The highest BCUT2D eigenvalue weighted by Gasteiger charge is 2.07. The molecule has 0 spiro atoms. The van der Waals surface area contributed by atoms with Gasteiger partial charge in [-0.25, -0.2) is 0 Å². The molecule has 0 aliphatic carbocycles. The molecule has 2 aromatic rings. The summed E-state index contributed by atoms with van der Waals surface area (Å²) >= 11 is 0. The molecule has 2 rings (SSSR count). The first-order valence-corrected chi connectivity index (χ1v) is 4.49. The van der Waals surface area contributed by atoms with E-state index in [1.165, 1.54) is 0 Å². The highest BCUT2D eigenvalue weighted by atomic mass is 16.5. The third kappa shape index (κ3) is 1.20. The summed E-state index contributed by atoms with van der Waals surface area (Å²) in [5.74, 6) is 1.14. The topological polar surface area (TPSA) is 29.5 Å². The van der Waals surface area contributed by atoms with Crippen LogP contribution < -0.4 is 4.74 Å². The van der Waals surface area contributed by atoms with Gasteiger partial charge in [0.2, 0.25) is 0 Å². The lowest BCUT2D eigenvalue weighted by molar-refractivity contribution is 0.417. The summed E-state index contributed by atoms with van der Waals surface area (Å²) in [6, 6.07) is 9.51. The van der Waals surface area contributed by atoms with Crippen molar-refractivity contribution in [1.29, 1.82) is 0 Å². The molecule has 2 nitrogen and oxygen atoms in total. The largest absolute Gasteiger partial charge is 0.507 e. The van der Waals surface area contributed by atoms with Crippen LogP contribution in [0.25, 0.3) is 10.8 Å². The molecule has 0 unspecified atom stereocenters. The number of hydrogen-bond acceptors (Lipinski definition) is 2. The molecule has 2 heteroatoms. The minimum atomic E-state index is 0.335. The maximum absolute atomic E-state index is 9.82. The van der Waals surface area contributed by atoms with Gasteiger partial charge in [-0.1, -0.05) is 24.3 Å². The summed E-state index contributed by atoms with van der Waals surface area (Å²) in [6.45, 7) is 1.87. The number of fused-ring (bicyclic) bond motifs is 1. The van der Waals surface area contributed by atoms with Crippen molar-refractivity contribution in [2.24, 2.45) is 0 Å². The van der Waals surface area contributed by atoms with Crippen LogP contribution in [0, 0.1) is 6.92 Å². The Bertz CT molecular complexity index is 475. The Balaban J connectivity index is 2.89. The zero-order valence-corrected chi connectivity index (χ0v) is 8.24. The van der Waals surface area contributed by atoms with Crippen molar-refractivity contribution in [3.05, 3.63) is 35.9 Å². The van der Waals surface area contributed by atoms with Gasteiger partial charge in [-0.05, 0) is 18.6 Å². The number of aromatic hydroxyl groups is 1. The van der Waals surface area contributed by atoms with Gasteiger partial charge in [-0.15, -0.1) is 0 Å². The van der Waals surface area contributed by atoms with E-state index in [2.05, 4.69) is 0 Å². The number of benzene rings is 2. The van der Waals surface area contributed by atoms with Gasteiger partial charge < -0.3 is 9.84 Å². The fraction of sp³-hybridized carbons (Fsp3) is 0.167. The van der Waals surface area contributed by atoms with Crippen LogP contribution in [0.4, 0.5) is 0 Å². The molecule has 0 saturated carbocycles. The molecule has 1 N–H and O–H groups in total. The predicted molar refractivity (Wildman–Crippen MR) is 56.9 cm³/mol. The molecule has 14 heavy (non-hydrogen) atoms. The van der Waals surface area contributed by atoms with Gasteiger partial charge in [0, 0.05) is 10.8 Å². The lowest BCUT2D eigenvalue weighted by atomic mass is 10.1. The van der Waals surface area contributed by atoms with E-state index >= 15 is 0 Å². The quantitative estimate of drug-likeness (QED) is 0.745. The van der Waals surface area contributed by atoms with Crippen molar-refractivity contribution in [1.82, 2.24) is 0 Å². The minimum absolute atomic E-state index is 0.335. The molecule has 0 saturated heterocycles. The van der Waals surface area contributed by atoms with E-state index in [4.69, 9.17) is 4.74 Å². The Morgan fingerprint density at radius 3 is 2.43 bits per heavy atom. The second-order valence-corrected chi connectivity index (χ2v) is 3.29. The SMILES string of the molecule is COc1cc(C)c(O)c2ccccc12. The van der Waals surface area contributed by atoms with Gasteiger partial charge in [0.05, 0.1) is 7.11 Å². The lowest BCUT2D eigenvalue weighted by Gasteiger charge is -2.09. The molecule has 0 bridgehead atoms. The molecular weight excluding hydrogens is 176 g/mol. The van der Waals surface area contributed by atoms with Crippen LogP contribution in [0.15, 0.2) is 30.3 Å². The van der Waals surface area contributed by atoms with Crippen molar-refractivity contribution in [2.45, 2.75) is 6.92 Å². The van der Waals surface area contributed by atoms with Crippen LogP contribution in [0.3, 0.4) is 0 Å². The van der Waals surface area contributed by atoms with Crippen LogP contribution in [0.1, 0.15) is 5.56 Å². The Labute approximate surface area is 82.8 Å². The number of phenolic OH excluding ortho intramolecular Hbond substituents is 1. The van der Waals surface area contributed by atoms with E-state index in [1.807, 2.05) is 37.3 Å². The third-order valence-corrected chi connectivity index (χ3v) is 2.39. The Morgan fingerprint density at radius 1 is 1.14 bits per heavy atom. The molecule has 0 aromatic heterocycles. The van der Waals surface area contributed by atoms with Crippen LogP contribution in [0.5, 0.6) is 11.5 Å². The van der Waals surface area contributed by atoms with Crippen molar-refractivity contribution >= 4 is 10.8 Å². The molecule has 0 radical (unpaired) electrons. The first-order valence-electron chi connectivity index (χ1n) is 4.49. The number of rotatable bonds is 1. The normalized spacial score (nSPS) is 10.4. The van der Waals surface area contributed by atoms with Gasteiger partial charge >= 0.3 is 0 Å². The highest BCUT2D eigenvalue weighted by molar-refractivity contribution is 5.94. The summed E-state index contributed by atoms with van der Waals surface area (Å²) in [5, 5.41) is 11.6. The number of hydrogen-bond donors (Lipinski definition) is 1. The highest BCUT2D eigenvalue weighted by Crippen LogP contribution is 2.34. The molecule has 0 aliphatic heterocycles. The summed E-state index contributed by atoms with van der Waals surface area (Å²) in [7, 11) is 1.64. The van der Waals surface area contributed by atoms with Crippen molar-refractivity contribution < 1.29 is 9.84 Å². The van der Waals surface area contributed by atoms with Crippen molar-refractivity contribution in [3.8, 4) is 11.5 Å². The molecule has 0 fully saturated rings. The van der Waals surface area contributed by atoms with E-state index in [1.54, 1.807) is 7.11 Å². The second kappa shape index (κ2) is 3.22. The first kappa shape index (κ1) is 8.88. The summed E-state index contributed by atoms with van der Waals surface area (Å²) in [6.07, 6.45) is 0. The van der Waals surface area contributed by atoms with E-state index < -0.39 is 0 Å². The lowest BCUT2D eigenvalue weighted by Crippen LogP contribution is -1.87. The molecule has 0 amide bonds. The fourth-order valence-electron chi connectivity index (χ4n) is 1.63. The molecule has 72 valence electrons. The molecule has 0 atom stereocenters. The number of ether oxygens (including phenoxy) is 1. The second-order valence-electron chi connectivity index (χ2n) is 3.29. The monoisotopic (exact) mass is 188 g/mol.